The second-order valence-corrected chi connectivity index (χ2v) is 7.23. The lowest BCUT2D eigenvalue weighted by atomic mass is 10.1. The van der Waals surface area contributed by atoms with Crippen molar-refractivity contribution >= 4 is 22.7 Å². The summed E-state index contributed by atoms with van der Waals surface area (Å²) in [7, 11) is 0. The van der Waals surface area contributed by atoms with Crippen molar-refractivity contribution in [3.05, 3.63) is 81.8 Å². The van der Waals surface area contributed by atoms with Gasteiger partial charge in [-0.1, -0.05) is 53.7 Å². The van der Waals surface area contributed by atoms with Crippen LogP contribution in [0.1, 0.15) is 22.9 Å². The summed E-state index contributed by atoms with van der Waals surface area (Å²) in [5.41, 5.74) is 2.87. The van der Waals surface area contributed by atoms with Gasteiger partial charge in [0.05, 0.1) is 23.2 Å². The average molecular weight is 378 g/mol. The van der Waals surface area contributed by atoms with Gasteiger partial charge in [0.25, 0.3) is 5.56 Å². The van der Waals surface area contributed by atoms with Crippen LogP contribution in [0.5, 0.6) is 0 Å². The lowest BCUT2D eigenvalue weighted by Crippen LogP contribution is -2.24. The molecule has 136 valence electrons. The second-order valence-electron chi connectivity index (χ2n) is 6.29. The van der Waals surface area contributed by atoms with E-state index in [1.54, 1.807) is 11.5 Å². The molecule has 0 saturated carbocycles. The zero-order chi connectivity index (χ0) is 18.8. The van der Waals surface area contributed by atoms with Gasteiger partial charge in [-0.2, -0.15) is 0 Å². The van der Waals surface area contributed by atoms with Crippen LogP contribution in [0, 0.1) is 13.8 Å². The predicted molar refractivity (Wildman–Crippen MR) is 105 cm³/mol. The van der Waals surface area contributed by atoms with Gasteiger partial charge >= 0.3 is 0 Å². The third kappa shape index (κ3) is 3.78. The van der Waals surface area contributed by atoms with Crippen LogP contribution in [0.4, 0.5) is 0 Å². The Hall–Kier alpha value is -2.93. The summed E-state index contributed by atoms with van der Waals surface area (Å²) in [5.74, 6) is 1.50. The number of aromatic nitrogens is 4. The zero-order valence-electron chi connectivity index (χ0n) is 15.0. The third-order valence-corrected chi connectivity index (χ3v) is 5.14. The maximum atomic E-state index is 13.1. The van der Waals surface area contributed by atoms with Gasteiger partial charge in [0, 0.05) is 6.92 Å². The summed E-state index contributed by atoms with van der Waals surface area (Å²) >= 11 is 1.42. The van der Waals surface area contributed by atoms with Crippen molar-refractivity contribution in [2.24, 2.45) is 0 Å². The SMILES string of the molecule is Cc1ccc(Cn2c(SCc3nnc(C)o3)nc3ccccc3c2=O)cc1. The van der Waals surface area contributed by atoms with Crippen molar-refractivity contribution in [3.63, 3.8) is 0 Å². The first kappa shape index (κ1) is 17.5. The summed E-state index contributed by atoms with van der Waals surface area (Å²) in [5, 5.41) is 9.11. The second kappa shape index (κ2) is 7.36. The Kier molecular flexibility index (Phi) is 4.77. The number of hydrogen-bond donors (Lipinski definition) is 0. The number of aryl methyl sites for hydroxylation is 2. The van der Waals surface area contributed by atoms with Crippen LogP contribution < -0.4 is 5.56 Å². The van der Waals surface area contributed by atoms with Crippen molar-refractivity contribution in [1.29, 1.82) is 0 Å². The highest BCUT2D eigenvalue weighted by Crippen LogP contribution is 2.22. The highest BCUT2D eigenvalue weighted by molar-refractivity contribution is 7.98. The van der Waals surface area contributed by atoms with Gasteiger partial charge in [-0.05, 0) is 24.6 Å². The molecule has 6 nitrogen and oxygen atoms in total. The lowest BCUT2D eigenvalue weighted by molar-refractivity contribution is 0.485. The molecule has 0 aliphatic carbocycles. The minimum atomic E-state index is -0.0506. The fourth-order valence-electron chi connectivity index (χ4n) is 2.80. The summed E-state index contributed by atoms with van der Waals surface area (Å²) < 4.78 is 7.15. The van der Waals surface area contributed by atoms with E-state index < -0.39 is 0 Å². The van der Waals surface area contributed by atoms with Gasteiger partial charge < -0.3 is 4.42 Å². The van der Waals surface area contributed by atoms with E-state index in [-0.39, 0.29) is 5.56 Å². The molecule has 7 heteroatoms. The first-order valence-corrected chi connectivity index (χ1v) is 9.55. The molecule has 4 aromatic rings. The molecule has 4 rings (SSSR count). The number of para-hydroxylation sites is 1. The largest absolute Gasteiger partial charge is 0.425 e. The van der Waals surface area contributed by atoms with Gasteiger partial charge in [-0.15, -0.1) is 10.2 Å². The molecule has 0 amide bonds. The number of nitrogens with zero attached hydrogens (tertiary/aromatic N) is 4. The lowest BCUT2D eigenvalue weighted by Gasteiger charge is -2.13. The minimum absolute atomic E-state index is 0.0506. The van der Waals surface area contributed by atoms with E-state index in [1.165, 1.54) is 17.3 Å². The van der Waals surface area contributed by atoms with Crippen LogP contribution in [-0.2, 0) is 12.3 Å². The summed E-state index contributed by atoms with van der Waals surface area (Å²) in [4.78, 5) is 17.8. The fourth-order valence-corrected chi connectivity index (χ4v) is 3.63. The Morgan fingerprint density at radius 3 is 2.56 bits per heavy atom. The monoisotopic (exact) mass is 378 g/mol. The molecular formula is C20H18N4O2S. The van der Waals surface area contributed by atoms with Gasteiger partial charge in [-0.25, -0.2) is 4.98 Å². The average Bonchev–Trinajstić information content (AvgIpc) is 3.09. The van der Waals surface area contributed by atoms with Crippen molar-refractivity contribution in [2.75, 3.05) is 0 Å². The molecule has 2 aromatic carbocycles. The Bertz CT molecular complexity index is 1150. The minimum Gasteiger partial charge on any atom is -0.425 e. The molecule has 0 N–H and O–H groups in total. The Morgan fingerprint density at radius 2 is 1.81 bits per heavy atom. The Balaban J connectivity index is 1.74. The Morgan fingerprint density at radius 1 is 1.04 bits per heavy atom. The van der Waals surface area contributed by atoms with Crippen molar-refractivity contribution < 1.29 is 4.42 Å². The van der Waals surface area contributed by atoms with Crippen molar-refractivity contribution in [3.8, 4) is 0 Å². The van der Waals surface area contributed by atoms with Gasteiger partial charge in [0.2, 0.25) is 11.8 Å². The van der Waals surface area contributed by atoms with Crippen LogP contribution in [0.2, 0.25) is 0 Å². The molecule has 0 atom stereocenters. The van der Waals surface area contributed by atoms with Crippen LogP contribution in [0.15, 0.2) is 62.9 Å². The van der Waals surface area contributed by atoms with Crippen LogP contribution in [0.3, 0.4) is 0 Å². The molecule has 0 fully saturated rings. The summed E-state index contributed by atoms with van der Waals surface area (Å²) in [6, 6.07) is 15.6. The highest BCUT2D eigenvalue weighted by atomic mass is 32.2. The van der Waals surface area contributed by atoms with E-state index in [4.69, 9.17) is 9.40 Å². The number of fused-ring (bicyclic) bond motifs is 1. The molecular weight excluding hydrogens is 360 g/mol. The standard InChI is InChI=1S/C20H18N4O2S/c1-13-7-9-15(10-8-13)11-24-19(25)16-5-3-4-6-17(16)21-20(24)27-12-18-23-22-14(2)26-18/h3-10H,11-12H2,1-2H3. The van der Waals surface area contributed by atoms with Crippen molar-refractivity contribution in [1.82, 2.24) is 19.7 Å². The van der Waals surface area contributed by atoms with Crippen molar-refractivity contribution in [2.45, 2.75) is 31.3 Å². The maximum Gasteiger partial charge on any atom is 0.262 e. The molecule has 27 heavy (non-hydrogen) atoms. The van der Waals surface area contributed by atoms with E-state index in [1.807, 2.05) is 55.5 Å². The number of thioether (sulfide) groups is 1. The third-order valence-electron chi connectivity index (χ3n) is 4.18. The normalized spacial score (nSPS) is 11.2. The van der Waals surface area contributed by atoms with Crippen LogP contribution >= 0.6 is 11.8 Å². The molecule has 0 unspecified atom stereocenters. The van der Waals surface area contributed by atoms with Gasteiger partial charge in [0.15, 0.2) is 5.16 Å². The van der Waals surface area contributed by atoms with Crippen LogP contribution in [0.25, 0.3) is 10.9 Å². The topological polar surface area (TPSA) is 73.8 Å². The molecule has 2 heterocycles. The fraction of sp³-hybridized carbons (Fsp3) is 0.200. The van der Waals surface area contributed by atoms with E-state index >= 15 is 0 Å². The van der Waals surface area contributed by atoms with E-state index in [9.17, 15) is 4.79 Å². The molecule has 0 bridgehead atoms. The quantitative estimate of drug-likeness (QED) is 0.389. The maximum absolute atomic E-state index is 13.1. The summed E-state index contributed by atoms with van der Waals surface area (Å²) in [6.07, 6.45) is 0. The molecule has 0 saturated heterocycles. The van der Waals surface area contributed by atoms with E-state index in [2.05, 4.69) is 10.2 Å². The van der Waals surface area contributed by atoms with Gasteiger partial charge in [-0.3, -0.25) is 9.36 Å². The number of benzene rings is 2. The summed E-state index contributed by atoms with van der Waals surface area (Å²) in [6.45, 7) is 4.26. The molecule has 0 radical (unpaired) electrons. The predicted octanol–water partition coefficient (Wildman–Crippen LogP) is 3.74. The van der Waals surface area contributed by atoms with E-state index in [0.717, 1.165) is 5.56 Å². The number of hydrogen-bond acceptors (Lipinski definition) is 6. The Labute approximate surface area is 160 Å². The highest BCUT2D eigenvalue weighted by Gasteiger charge is 2.13. The molecule has 0 aliphatic rings. The molecule has 0 aliphatic heterocycles. The number of rotatable bonds is 5. The first-order chi connectivity index (χ1) is 13.1. The molecule has 0 spiro atoms. The van der Waals surface area contributed by atoms with Gasteiger partial charge in [0.1, 0.15) is 0 Å². The van der Waals surface area contributed by atoms with E-state index in [0.29, 0.717) is 40.1 Å². The first-order valence-electron chi connectivity index (χ1n) is 8.57. The molecule has 2 aromatic heterocycles. The zero-order valence-corrected chi connectivity index (χ0v) is 15.9. The van der Waals surface area contributed by atoms with Crippen LogP contribution in [-0.4, -0.2) is 19.7 Å². The smallest absolute Gasteiger partial charge is 0.262 e.